The van der Waals surface area contributed by atoms with E-state index < -0.39 is 0 Å². The minimum atomic E-state index is -0.250. The summed E-state index contributed by atoms with van der Waals surface area (Å²) >= 11 is 0. The van der Waals surface area contributed by atoms with Crippen LogP contribution < -0.4 is 5.32 Å². The van der Waals surface area contributed by atoms with Gasteiger partial charge in [0.25, 0.3) is 11.8 Å². The molecule has 34 heavy (non-hydrogen) atoms. The minimum Gasteiger partial charge on any atom is -0.381 e. The van der Waals surface area contributed by atoms with Crippen LogP contribution in [0.15, 0.2) is 66.9 Å². The molecule has 2 aromatic carbocycles. The molecule has 0 radical (unpaired) electrons. The fraction of sp³-hybridized carbons (Fsp3) is 0.231. The molecule has 4 heterocycles. The van der Waals surface area contributed by atoms with Gasteiger partial charge in [-0.1, -0.05) is 36.4 Å². The zero-order chi connectivity index (χ0) is 23.1. The number of hydrogen-bond acceptors (Lipinski definition) is 6. The highest BCUT2D eigenvalue weighted by Crippen LogP contribution is 2.26. The van der Waals surface area contributed by atoms with Crippen LogP contribution in [0.1, 0.15) is 39.1 Å². The lowest BCUT2D eigenvalue weighted by atomic mass is 10.1. The third-order valence-electron chi connectivity index (χ3n) is 6.40. The highest BCUT2D eigenvalue weighted by Gasteiger charge is 2.34. The molecule has 1 fully saturated rings. The summed E-state index contributed by atoms with van der Waals surface area (Å²) in [4.78, 5) is 31.1. The van der Waals surface area contributed by atoms with Crippen molar-refractivity contribution in [2.75, 3.05) is 18.5 Å². The molecule has 0 saturated carbocycles. The Labute approximate surface area is 196 Å². The molecule has 0 aliphatic carbocycles. The first-order chi connectivity index (χ1) is 16.7. The van der Waals surface area contributed by atoms with Gasteiger partial charge in [0.1, 0.15) is 5.82 Å². The molecule has 0 spiro atoms. The van der Waals surface area contributed by atoms with E-state index in [0.717, 1.165) is 54.3 Å². The maximum Gasteiger partial charge on any atom is 0.261 e. The van der Waals surface area contributed by atoms with E-state index in [9.17, 15) is 9.59 Å². The average molecular weight is 454 g/mol. The number of carbonyl (C=O) groups is 2. The third kappa shape index (κ3) is 3.62. The van der Waals surface area contributed by atoms with Crippen molar-refractivity contribution in [3.63, 3.8) is 0 Å². The van der Waals surface area contributed by atoms with Crippen LogP contribution in [0, 0.1) is 0 Å². The van der Waals surface area contributed by atoms with Gasteiger partial charge in [-0.05, 0) is 42.7 Å². The van der Waals surface area contributed by atoms with E-state index in [1.165, 1.54) is 4.90 Å². The first kappa shape index (κ1) is 20.6. The van der Waals surface area contributed by atoms with Crippen LogP contribution in [0.2, 0.25) is 0 Å². The topological polar surface area (TPSA) is 88.8 Å². The maximum absolute atomic E-state index is 12.7. The van der Waals surface area contributed by atoms with Crippen LogP contribution in [-0.2, 0) is 11.3 Å². The summed E-state index contributed by atoms with van der Waals surface area (Å²) in [6.07, 6.45) is 3.73. The fourth-order valence-electron chi connectivity index (χ4n) is 4.54. The number of anilines is 1. The highest BCUT2D eigenvalue weighted by molar-refractivity contribution is 6.21. The first-order valence-corrected chi connectivity index (χ1v) is 11.4. The van der Waals surface area contributed by atoms with Crippen LogP contribution in [0.25, 0.3) is 16.9 Å². The van der Waals surface area contributed by atoms with Crippen molar-refractivity contribution < 1.29 is 14.3 Å². The van der Waals surface area contributed by atoms with Crippen molar-refractivity contribution in [1.82, 2.24) is 19.5 Å². The number of imidazole rings is 1. The summed E-state index contributed by atoms with van der Waals surface area (Å²) in [5.41, 5.74) is 4.40. The van der Waals surface area contributed by atoms with Crippen LogP contribution >= 0.6 is 0 Å². The van der Waals surface area contributed by atoms with Crippen molar-refractivity contribution in [1.29, 1.82) is 0 Å². The number of benzene rings is 2. The summed E-state index contributed by atoms with van der Waals surface area (Å²) in [6.45, 7) is 1.77. The van der Waals surface area contributed by atoms with E-state index in [4.69, 9.17) is 9.84 Å². The molecular weight excluding hydrogens is 430 g/mol. The van der Waals surface area contributed by atoms with Gasteiger partial charge in [0.05, 0.1) is 29.6 Å². The molecule has 1 saturated heterocycles. The number of carbonyl (C=O) groups excluding carboxylic acids is 2. The largest absolute Gasteiger partial charge is 0.381 e. The van der Waals surface area contributed by atoms with Crippen LogP contribution in [0.3, 0.4) is 0 Å². The lowest BCUT2D eigenvalue weighted by Gasteiger charge is -2.23. The van der Waals surface area contributed by atoms with Crippen molar-refractivity contribution in [2.45, 2.75) is 25.4 Å². The van der Waals surface area contributed by atoms with Crippen molar-refractivity contribution in [3.8, 4) is 11.3 Å². The standard InChI is InChI=1S/C26H23N5O3/c32-25-20-3-1-2-4-21(20)26(33)30(25)16-17-5-7-18(8-6-17)22-15-27-24-10-9-23(29-31(22)24)28-19-11-13-34-14-12-19/h1-10,15,19H,11-14,16H2,(H,28,29). The third-order valence-corrected chi connectivity index (χ3v) is 6.40. The molecule has 2 aliphatic rings. The number of aromatic nitrogens is 3. The molecule has 2 aliphatic heterocycles. The molecule has 8 nitrogen and oxygen atoms in total. The first-order valence-electron chi connectivity index (χ1n) is 11.4. The average Bonchev–Trinajstić information content (AvgIpc) is 3.40. The summed E-state index contributed by atoms with van der Waals surface area (Å²) in [6, 6.07) is 19.0. The summed E-state index contributed by atoms with van der Waals surface area (Å²) in [5.74, 6) is 0.307. The van der Waals surface area contributed by atoms with E-state index >= 15 is 0 Å². The number of fused-ring (bicyclic) bond motifs is 2. The minimum absolute atomic E-state index is 0.233. The number of nitrogens with one attached hydrogen (secondary N) is 1. The lowest BCUT2D eigenvalue weighted by molar-refractivity contribution is 0.0642. The second-order valence-electron chi connectivity index (χ2n) is 8.60. The molecular formula is C26H23N5O3. The van der Waals surface area contributed by atoms with Crippen LogP contribution in [0.4, 0.5) is 5.82 Å². The number of imide groups is 1. The van der Waals surface area contributed by atoms with E-state index in [1.54, 1.807) is 30.5 Å². The van der Waals surface area contributed by atoms with Gasteiger partial charge in [0, 0.05) is 24.8 Å². The number of rotatable bonds is 5. The van der Waals surface area contributed by atoms with Crippen molar-refractivity contribution >= 4 is 23.3 Å². The number of amides is 2. The van der Waals surface area contributed by atoms with E-state index in [0.29, 0.717) is 17.2 Å². The quantitative estimate of drug-likeness (QED) is 0.463. The Hall–Kier alpha value is -4.04. The van der Waals surface area contributed by atoms with Gasteiger partial charge in [0.2, 0.25) is 0 Å². The summed E-state index contributed by atoms with van der Waals surface area (Å²) in [7, 11) is 0. The van der Waals surface area contributed by atoms with Crippen LogP contribution in [0.5, 0.6) is 0 Å². The summed E-state index contributed by atoms with van der Waals surface area (Å²) < 4.78 is 7.27. The van der Waals surface area contributed by atoms with Gasteiger partial charge < -0.3 is 10.1 Å². The Morgan fingerprint density at radius 2 is 1.62 bits per heavy atom. The van der Waals surface area contributed by atoms with Gasteiger partial charge in [-0.15, -0.1) is 5.10 Å². The van der Waals surface area contributed by atoms with Crippen molar-refractivity contribution in [3.05, 3.63) is 83.6 Å². The monoisotopic (exact) mass is 453 g/mol. The SMILES string of the molecule is O=C1c2ccccc2C(=O)N1Cc1ccc(-c2cnc3ccc(NC4CCOCC4)nn23)cc1. The van der Waals surface area contributed by atoms with Gasteiger partial charge in [-0.2, -0.15) is 0 Å². The zero-order valence-electron chi connectivity index (χ0n) is 18.5. The molecule has 2 amide bonds. The Kier molecular flexibility index (Phi) is 5.07. The Morgan fingerprint density at radius 3 is 2.32 bits per heavy atom. The Balaban J connectivity index is 1.22. The molecule has 2 aromatic heterocycles. The Morgan fingerprint density at radius 1 is 0.912 bits per heavy atom. The van der Waals surface area contributed by atoms with Crippen molar-refractivity contribution in [2.24, 2.45) is 0 Å². The molecule has 0 atom stereocenters. The van der Waals surface area contributed by atoms with Gasteiger partial charge >= 0.3 is 0 Å². The van der Waals surface area contributed by atoms with E-state index in [-0.39, 0.29) is 18.4 Å². The van der Waals surface area contributed by atoms with Crippen LogP contribution in [-0.4, -0.2) is 50.6 Å². The zero-order valence-corrected chi connectivity index (χ0v) is 18.5. The van der Waals surface area contributed by atoms with Gasteiger partial charge in [-0.25, -0.2) is 9.50 Å². The molecule has 1 N–H and O–H groups in total. The Bertz CT molecular complexity index is 1350. The molecule has 0 unspecified atom stereocenters. The smallest absolute Gasteiger partial charge is 0.261 e. The van der Waals surface area contributed by atoms with E-state index in [1.807, 2.05) is 40.9 Å². The second-order valence-corrected chi connectivity index (χ2v) is 8.60. The van der Waals surface area contributed by atoms with E-state index in [2.05, 4.69) is 10.3 Å². The lowest BCUT2D eigenvalue weighted by Crippen LogP contribution is -2.29. The van der Waals surface area contributed by atoms with Gasteiger partial charge in [-0.3, -0.25) is 14.5 Å². The molecule has 0 bridgehead atoms. The fourth-order valence-corrected chi connectivity index (χ4v) is 4.54. The molecule has 6 rings (SSSR count). The second kappa shape index (κ2) is 8.39. The molecule has 8 heteroatoms. The molecule has 4 aromatic rings. The normalized spacial score (nSPS) is 16.3. The predicted octanol–water partition coefficient (Wildman–Crippen LogP) is 3.78. The number of ether oxygens (including phenoxy) is 1. The number of nitrogens with zero attached hydrogens (tertiary/aromatic N) is 4. The highest BCUT2D eigenvalue weighted by atomic mass is 16.5. The maximum atomic E-state index is 12.7. The summed E-state index contributed by atoms with van der Waals surface area (Å²) in [5, 5.41) is 8.26. The predicted molar refractivity (Wildman–Crippen MR) is 127 cm³/mol. The number of hydrogen-bond donors (Lipinski definition) is 1. The molecule has 170 valence electrons. The van der Waals surface area contributed by atoms with Gasteiger partial charge in [0.15, 0.2) is 5.65 Å².